The molecule has 2 fully saturated rings. The number of primary amides is 1. The number of H-pyrrole nitrogens is 1. The number of aromatic amines is 1. The van der Waals surface area contributed by atoms with Crippen molar-refractivity contribution in [3.8, 4) is 0 Å². The van der Waals surface area contributed by atoms with Crippen LogP contribution in [0.25, 0.3) is 11.0 Å². The predicted molar refractivity (Wildman–Crippen MR) is 146 cm³/mol. The maximum Gasteiger partial charge on any atom is 0.254 e. The van der Waals surface area contributed by atoms with Crippen LogP contribution in [0.3, 0.4) is 0 Å². The van der Waals surface area contributed by atoms with E-state index in [-0.39, 0.29) is 29.3 Å². The van der Waals surface area contributed by atoms with Crippen LogP contribution in [0.5, 0.6) is 0 Å². The van der Waals surface area contributed by atoms with Crippen molar-refractivity contribution < 1.29 is 18.5 Å². The Kier molecular flexibility index (Phi) is 7.75. The molecule has 1 aromatic carbocycles. The molecule has 39 heavy (non-hydrogen) atoms. The summed E-state index contributed by atoms with van der Waals surface area (Å²) in [5.41, 5.74) is 7.98. The molecule has 3 N–H and O–H groups in total. The fourth-order valence-electron chi connectivity index (χ4n) is 6.42. The minimum Gasteiger partial charge on any atom is -0.365 e. The summed E-state index contributed by atoms with van der Waals surface area (Å²) in [5.74, 6) is 0.452. The van der Waals surface area contributed by atoms with Crippen LogP contribution in [0.1, 0.15) is 91.5 Å². The molecule has 3 aromatic rings. The number of fused-ring (bicyclic) bond motifs is 1. The van der Waals surface area contributed by atoms with E-state index in [0.29, 0.717) is 52.8 Å². The smallest absolute Gasteiger partial charge is 0.254 e. The molecular weight excluding hydrogens is 499 g/mol. The van der Waals surface area contributed by atoms with E-state index in [1.165, 1.54) is 0 Å². The molecule has 1 saturated heterocycles. The number of halogens is 1. The van der Waals surface area contributed by atoms with E-state index in [9.17, 15) is 9.59 Å². The number of benzene rings is 1. The Morgan fingerprint density at radius 1 is 1.23 bits per heavy atom. The van der Waals surface area contributed by atoms with Gasteiger partial charge in [0.15, 0.2) is 11.6 Å². The number of nitrogens with zero attached hydrogens (tertiary/aromatic N) is 4. The molecule has 9 nitrogen and oxygen atoms in total. The van der Waals surface area contributed by atoms with E-state index in [2.05, 4.69) is 17.1 Å². The molecule has 5 rings (SSSR count). The molecular formula is C29H39FN6O3. The minimum atomic E-state index is -0.575. The Balaban J connectivity index is 1.52. The number of imidazole rings is 1. The van der Waals surface area contributed by atoms with Crippen molar-refractivity contribution in [2.45, 2.75) is 77.3 Å². The zero-order chi connectivity index (χ0) is 27.8. The van der Waals surface area contributed by atoms with Gasteiger partial charge in [-0.15, -0.1) is 0 Å². The number of rotatable bonds is 8. The van der Waals surface area contributed by atoms with Crippen LogP contribution in [-0.2, 0) is 17.8 Å². The lowest BCUT2D eigenvalue weighted by molar-refractivity contribution is -0.133. The number of likely N-dealkylation sites (N-methyl/N-ethyl adjacent to an activating group) is 1. The van der Waals surface area contributed by atoms with Crippen LogP contribution < -0.4 is 5.73 Å². The van der Waals surface area contributed by atoms with Crippen LogP contribution in [0, 0.1) is 17.7 Å². The van der Waals surface area contributed by atoms with Crippen molar-refractivity contribution in [3.63, 3.8) is 0 Å². The lowest BCUT2D eigenvalue weighted by Gasteiger charge is -2.30. The van der Waals surface area contributed by atoms with E-state index in [4.69, 9.17) is 15.2 Å². The predicted octanol–water partition coefficient (Wildman–Crippen LogP) is 4.36. The van der Waals surface area contributed by atoms with Crippen LogP contribution >= 0.6 is 0 Å². The molecule has 0 radical (unpaired) electrons. The Morgan fingerprint density at radius 3 is 2.64 bits per heavy atom. The Labute approximate surface area is 228 Å². The van der Waals surface area contributed by atoms with Crippen molar-refractivity contribution >= 4 is 22.8 Å². The van der Waals surface area contributed by atoms with Gasteiger partial charge < -0.3 is 20.1 Å². The van der Waals surface area contributed by atoms with Gasteiger partial charge in [-0.05, 0) is 56.6 Å². The highest BCUT2D eigenvalue weighted by Crippen LogP contribution is 2.43. The molecule has 2 amide bonds. The largest absolute Gasteiger partial charge is 0.365 e. The van der Waals surface area contributed by atoms with Crippen molar-refractivity contribution in [2.75, 3.05) is 20.6 Å². The number of aromatic nitrogens is 3. The number of likely N-dealkylation sites (tertiary alicyclic amines) is 1. The number of hydrogen-bond donors (Lipinski definition) is 2. The topological polar surface area (TPSA) is 121 Å². The fraction of sp³-hybridized carbons (Fsp3) is 0.586. The van der Waals surface area contributed by atoms with Gasteiger partial charge in [-0.3, -0.25) is 14.5 Å². The van der Waals surface area contributed by atoms with Crippen LogP contribution in [0.2, 0.25) is 0 Å². The standard InChI is InChI=1S/C29H39FN6O3/c1-5-19-23(27(31)37)26(39-34-19)22(17-10-8-16(2)9-11-17)28-32-20-13-12-18(24(30)25(20)33-28)15-36-14-6-7-21(36)29(38)35(3)4/h12-13,16-17,21-22H,5-11,14-15H2,1-4H3,(H2,31,37)(H,32,33)/t16?,17?,21-,22-/m1/s1. The number of hydrogen-bond acceptors (Lipinski definition) is 6. The van der Waals surface area contributed by atoms with E-state index in [0.717, 1.165) is 45.1 Å². The van der Waals surface area contributed by atoms with Gasteiger partial charge in [-0.2, -0.15) is 0 Å². The van der Waals surface area contributed by atoms with Crippen molar-refractivity contribution in [3.05, 3.63) is 46.4 Å². The molecule has 1 aliphatic carbocycles. The summed E-state index contributed by atoms with van der Waals surface area (Å²) in [4.78, 5) is 36.9. The first-order valence-corrected chi connectivity index (χ1v) is 14.1. The Hall–Kier alpha value is -3.27. The summed E-state index contributed by atoms with van der Waals surface area (Å²) in [6.07, 6.45) is 6.19. The molecule has 3 heterocycles. The van der Waals surface area contributed by atoms with Gasteiger partial charge >= 0.3 is 0 Å². The number of aryl methyl sites for hydroxylation is 1. The Morgan fingerprint density at radius 2 is 1.97 bits per heavy atom. The average molecular weight is 539 g/mol. The second-order valence-corrected chi connectivity index (χ2v) is 11.5. The molecule has 210 valence electrons. The van der Waals surface area contributed by atoms with Crippen molar-refractivity contribution in [1.82, 2.24) is 24.9 Å². The number of amides is 2. The summed E-state index contributed by atoms with van der Waals surface area (Å²) in [6.45, 7) is 5.24. The van der Waals surface area contributed by atoms with Crippen LogP contribution in [0.4, 0.5) is 4.39 Å². The van der Waals surface area contributed by atoms with Gasteiger partial charge in [0.2, 0.25) is 5.91 Å². The number of carbonyl (C=O) groups is 2. The molecule has 0 bridgehead atoms. The summed E-state index contributed by atoms with van der Waals surface area (Å²) in [5, 5.41) is 4.16. The second kappa shape index (κ2) is 11.1. The second-order valence-electron chi connectivity index (χ2n) is 11.5. The zero-order valence-corrected chi connectivity index (χ0v) is 23.3. The molecule has 1 saturated carbocycles. The van der Waals surface area contributed by atoms with Crippen molar-refractivity contribution in [1.29, 1.82) is 0 Å². The van der Waals surface area contributed by atoms with Gasteiger partial charge in [-0.1, -0.05) is 37.9 Å². The van der Waals surface area contributed by atoms with Gasteiger partial charge in [0.05, 0.1) is 23.2 Å². The first kappa shape index (κ1) is 27.3. The average Bonchev–Trinajstić information content (AvgIpc) is 3.65. The number of nitrogens with one attached hydrogen (secondary N) is 1. The zero-order valence-electron chi connectivity index (χ0n) is 23.3. The monoisotopic (exact) mass is 538 g/mol. The lowest BCUT2D eigenvalue weighted by Crippen LogP contribution is -2.42. The highest BCUT2D eigenvalue weighted by atomic mass is 19.1. The van der Waals surface area contributed by atoms with Gasteiger partial charge in [0.25, 0.3) is 5.91 Å². The van der Waals surface area contributed by atoms with Gasteiger partial charge in [0.1, 0.15) is 16.9 Å². The molecule has 2 atom stereocenters. The quantitative estimate of drug-likeness (QED) is 0.440. The summed E-state index contributed by atoms with van der Waals surface area (Å²) in [6, 6.07) is 3.37. The summed E-state index contributed by atoms with van der Waals surface area (Å²) < 4.78 is 21.7. The first-order chi connectivity index (χ1) is 18.7. The highest BCUT2D eigenvalue weighted by molar-refractivity contribution is 5.95. The maximum atomic E-state index is 15.9. The molecule has 2 aromatic heterocycles. The third-order valence-electron chi connectivity index (χ3n) is 8.63. The van der Waals surface area contributed by atoms with Gasteiger partial charge in [0, 0.05) is 26.2 Å². The third-order valence-corrected chi connectivity index (χ3v) is 8.63. The molecule has 0 spiro atoms. The Bertz CT molecular complexity index is 1360. The normalized spacial score (nSPS) is 22.8. The highest BCUT2D eigenvalue weighted by Gasteiger charge is 2.38. The fourth-order valence-corrected chi connectivity index (χ4v) is 6.42. The SMILES string of the molecule is CCc1noc([C@H](c2nc3c(F)c(CN4CCC[C@@H]4C(=O)N(C)C)ccc3[nH]2)C2CCC(C)CC2)c1C(N)=O. The number of carbonyl (C=O) groups excluding carboxylic acids is 2. The van der Waals surface area contributed by atoms with E-state index < -0.39 is 11.7 Å². The van der Waals surface area contributed by atoms with Crippen molar-refractivity contribution in [2.24, 2.45) is 17.6 Å². The van der Waals surface area contributed by atoms with Crippen LogP contribution in [-0.4, -0.2) is 63.4 Å². The van der Waals surface area contributed by atoms with E-state index >= 15 is 4.39 Å². The molecule has 2 aliphatic rings. The van der Waals surface area contributed by atoms with Crippen LogP contribution in [0.15, 0.2) is 16.7 Å². The molecule has 1 aliphatic heterocycles. The minimum absolute atomic E-state index is 0.0458. The first-order valence-electron chi connectivity index (χ1n) is 14.1. The third kappa shape index (κ3) is 5.18. The van der Waals surface area contributed by atoms with E-state index in [1.54, 1.807) is 25.1 Å². The maximum absolute atomic E-state index is 15.9. The van der Waals surface area contributed by atoms with E-state index in [1.807, 2.05) is 17.9 Å². The summed E-state index contributed by atoms with van der Waals surface area (Å²) in [7, 11) is 3.50. The lowest BCUT2D eigenvalue weighted by atomic mass is 9.74. The number of nitrogens with two attached hydrogens (primary N) is 1. The molecule has 10 heteroatoms. The summed E-state index contributed by atoms with van der Waals surface area (Å²) >= 11 is 0. The van der Waals surface area contributed by atoms with Gasteiger partial charge in [-0.25, -0.2) is 9.37 Å². The molecule has 0 unspecified atom stereocenters.